The molecule has 0 aliphatic carbocycles. The standard InChI is InChI=1S/C31H34NO3P/c1-2-23-6-10-25(11-7-23)26-12-15-30-28(20-26)21-27(16-17-35-30)31(33)32-29-13-8-24(9-14-29)22-36(34)18-4-3-5-19-36/h6-15,20-21H,2-5,16-19,22H2,1H3,(H,32,33). The highest BCUT2D eigenvalue weighted by Gasteiger charge is 2.25. The summed E-state index contributed by atoms with van der Waals surface area (Å²) in [5.74, 6) is 0.686. The molecule has 186 valence electrons. The van der Waals surface area contributed by atoms with E-state index in [4.69, 9.17) is 4.74 Å². The van der Waals surface area contributed by atoms with Gasteiger partial charge in [0, 0.05) is 41.7 Å². The topological polar surface area (TPSA) is 55.4 Å². The zero-order valence-electron chi connectivity index (χ0n) is 21.0. The average molecular weight is 500 g/mol. The molecule has 1 fully saturated rings. The molecule has 0 bridgehead atoms. The number of nitrogens with one attached hydrogen (secondary N) is 1. The summed E-state index contributed by atoms with van der Waals surface area (Å²) in [4.78, 5) is 13.1. The first-order valence-electron chi connectivity index (χ1n) is 13.1. The van der Waals surface area contributed by atoms with E-state index in [0.29, 0.717) is 24.8 Å². The molecule has 36 heavy (non-hydrogen) atoms. The van der Waals surface area contributed by atoms with Crippen LogP contribution in [0.4, 0.5) is 5.69 Å². The van der Waals surface area contributed by atoms with Crippen LogP contribution in [0.1, 0.15) is 49.3 Å². The highest BCUT2D eigenvalue weighted by atomic mass is 31.2. The van der Waals surface area contributed by atoms with Crippen LogP contribution >= 0.6 is 7.14 Å². The summed E-state index contributed by atoms with van der Waals surface area (Å²) in [5, 5.41) is 3.04. The zero-order valence-corrected chi connectivity index (χ0v) is 21.9. The van der Waals surface area contributed by atoms with Gasteiger partial charge in [-0.25, -0.2) is 0 Å². The van der Waals surface area contributed by atoms with Crippen molar-refractivity contribution >= 4 is 24.8 Å². The average Bonchev–Trinajstić information content (AvgIpc) is 3.12. The first-order chi connectivity index (χ1) is 17.5. The molecule has 2 aliphatic rings. The Morgan fingerprint density at radius 3 is 2.31 bits per heavy atom. The Balaban J connectivity index is 1.30. The molecule has 2 heterocycles. The van der Waals surface area contributed by atoms with Gasteiger partial charge in [-0.1, -0.05) is 55.8 Å². The number of rotatable bonds is 6. The molecule has 0 atom stereocenters. The minimum Gasteiger partial charge on any atom is -0.493 e. The summed E-state index contributed by atoms with van der Waals surface area (Å²) in [6, 6.07) is 22.6. The van der Waals surface area contributed by atoms with Gasteiger partial charge in [-0.3, -0.25) is 4.79 Å². The number of carbonyl (C=O) groups is 1. The summed E-state index contributed by atoms with van der Waals surface area (Å²) >= 11 is 0. The molecule has 5 rings (SSSR count). The van der Waals surface area contributed by atoms with Gasteiger partial charge in [-0.05, 0) is 71.9 Å². The monoisotopic (exact) mass is 499 g/mol. The van der Waals surface area contributed by atoms with Crippen molar-refractivity contribution < 1.29 is 14.1 Å². The maximum absolute atomic E-state index is 13.1. The molecule has 0 aromatic heterocycles. The van der Waals surface area contributed by atoms with Crippen molar-refractivity contribution in [3.8, 4) is 16.9 Å². The fraction of sp³-hybridized carbons (Fsp3) is 0.323. The van der Waals surface area contributed by atoms with Crippen LogP contribution in [0.15, 0.2) is 72.3 Å². The second-order valence-corrected chi connectivity index (χ2v) is 13.3. The van der Waals surface area contributed by atoms with Gasteiger partial charge in [0.2, 0.25) is 0 Å². The molecule has 4 nitrogen and oxygen atoms in total. The van der Waals surface area contributed by atoms with Gasteiger partial charge in [-0.2, -0.15) is 0 Å². The Bertz CT molecular complexity index is 1300. The molecule has 3 aromatic carbocycles. The van der Waals surface area contributed by atoms with Gasteiger partial charge in [-0.15, -0.1) is 0 Å². The van der Waals surface area contributed by atoms with Crippen LogP contribution in [-0.2, 0) is 21.9 Å². The van der Waals surface area contributed by atoms with Gasteiger partial charge in [0.25, 0.3) is 5.91 Å². The molecule has 1 amide bonds. The lowest BCUT2D eigenvalue weighted by Crippen LogP contribution is -2.15. The van der Waals surface area contributed by atoms with Gasteiger partial charge < -0.3 is 14.6 Å². The normalized spacial score (nSPS) is 16.8. The Labute approximate surface area is 214 Å². The van der Waals surface area contributed by atoms with Crippen molar-refractivity contribution in [1.82, 2.24) is 0 Å². The molecule has 1 saturated heterocycles. The van der Waals surface area contributed by atoms with Crippen molar-refractivity contribution in [3.05, 3.63) is 89.0 Å². The number of benzene rings is 3. The summed E-state index contributed by atoms with van der Waals surface area (Å²) in [5.41, 5.74) is 7.02. The highest BCUT2D eigenvalue weighted by molar-refractivity contribution is 7.63. The second kappa shape index (κ2) is 10.9. The molecular weight excluding hydrogens is 465 g/mol. The largest absolute Gasteiger partial charge is 0.493 e. The van der Waals surface area contributed by atoms with Gasteiger partial charge in [0.1, 0.15) is 5.75 Å². The molecular formula is C31H34NO3P. The third-order valence-electron chi connectivity index (χ3n) is 7.27. The SMILES string of the molecule is CCc1ccc(-c2ccc3c(c2)C=C(C(=O)Nc2ccc(CP4(=O)CCCCC4)cc2)CCO3)cc1. The predicted octanol–water partition coefficient (Wildman–Crippen LogP) is 7.77. The number of fused-ring (bicyclic) bond motifs is 1. The summed E-state index contributed by atoms with van der Waals surface area (Å²) in [6.45, 7) is 2.62. The van der Waals surface area contributed by atoms with Crippen LogP contribution in [0.25, 0.3) is 17.2 Å². The molecule has 2 aliphatic heterocycles. The minimum atomic E-state index is -2.08. The van der Waals surface area contributed by atoms with Crippen molar-refractivity contribution in [1.29, 1.82) is 0 Å². The minimum absolute atomic E-state index is 0.114. The van der Waals surface area contributed by atoms with E-state index in [9.17, 15) is 9.36 Å². The Kier molecular flexibility index (Phi) is 7.43. The Morgan fingerprint density at radius 2 is 1.58 bits per heavy atom. The van der Waals surface area contributed by atoms with E-state index < -0.39 is 7.14 Å². The van der Waals surface area contributed by atoms with Crippen LogP contribution in [0.5, 0.6) is 5.75 Å². The number of amides is 1. The lowest BCUT2D eigenvalue weighted by atomic mass is 9.99. The van der Waals surface area contributed by atoms with Crippen molar-refractivity contribution in [2.24, 2.45) is 0 Å². The van der Waals surface area contributed by atoms with Crippen molar-refractivity contribution in [3.63, 3.8) is 0 Å². The highest BCUT2D eigenvalue weighted by Crippen LogP contribution is 2.53. The van der Waals surface area contributed by atoms with E-state index in [1.165, 1.54) is 12.0 Å². The molecule has 0 saturated carbocycles. The van der Waals surface area contributed by atoms with E-state index in [1.807, 2.05) is 36.4 Å². The zero-order chi connectivity index (χ0) is 25.0. The van der Waals surface area contributed by atoms with Crippen LogP contribution in [0.3, 0.4) is 0 Å². The van der Waals surface area contributed by atoms with Crippen LogP contribution < -0.4 is 10.1 Å². The quantitative estimate of drug-likeness (QED) is 0.353. The number of ether oxygens (including phenoxy) is 1. The fourth-order valence-electron chi connectivity index (χ4n) is 5.10. The smallest absolute Gasteiger partial charge is 0.251 e. The van der Waals surface area contributed by atoms with E-state index >= 15 is 0 Å². The molecule has 0 spiro atoms. The van der Waals surface area contributed by atoms with Gasteiger partial charge in [0.05, 0.1) is 13.7 Å². The van der Waals surface area contributed by atoms with Crippen molar-refractivity contribution in [2.75, 3.05) is 24.2 Å². The molecule has 0 unspecified atom stereocenters. The summed E-state index contributed by atoms with van der Waals surface area (Å²) in [6.07, 6.45) is 9.29. The third-order valence-corrected chi connectivity index (χ3v) is 10.5. The molecule has 5 heteroatoms. The molecule has 1 N–H and O–H groups in total. The number of hydrogen-bond acceptors (Lipinski definition) is 3. The lowest BCUT2D eigenvalue weighted by molar-refractivity contribution is -0.113. The lowest BCUT2D eigenvalue weighted by Gasteiger charge is -2.22. The van der Waals surface area contributed by atoms with E-state index in [-0.39, 0.29) is 5.91 Å². The summed E-state index contributed by atoms with van der Waals surface area (Å²) in [7, 11) is -2.08. The predicted molar refractivity (Wildman–Crippen MR) is 149 cm³/mol. The fourth-order valence-corrected chi connectivity index (χ4v) is 8.12. The number of carbonyl (C=O) groups excluding carboxylic acids is 1. The van der Waals surface area contributed by atoms with E-state index in [1.54, 1.807) is 0 Å². The second-order valence-electron chi connectivity index (χ2n) is 9.95. The maximum Gasteiger partial charge on any atom is 0.251 e. The number of aryl methyl sites for hydroxylation is 1. The third kappa shape index (κ3) is 5.82. The first-order valence-corrected chi connectivity index (χ1v) is 15.3. The van der Waals surface area contributed by atoms with Gasteiger partial charge >= 0.3 is 0 Å². The van der Waals surface area contributed by atoms with Gasteiger partial charge in [0.15, 0.2) is 0 Å². The van der Waals surface area contributed by atoms with Crippen molar-refractivity contribution in [2.45, 2.75) is 45.2 Å². The summed E-state index contributed by atoms with van der Waals surface area (Å²) < 4.78 is 19.0. The number of hydrogen-bond donors (Lipinski definition) is 1. The molecule has 3 aromatic rings. The van der Waals surface area contributed by atoms with Crippen LogP contribution in [0, 0.1) is 0 Å². The Morgan fingerprint density at radius 1 is 0.889 bits per heavy atom. The van der Waals surface area contributed by atoms with Crippen LogP contribution in [-0.4, -0.2) is 24.8 Å². The Hall–Kier alpha value is -3.10. The van der Waals surface area contributed by atoms with E-state index in [2.05, 4.69) is 48.6 Å². The molecule has 0 radical (unpaired) electrons. The van der Waals surface area contributed by atoms with E-state index in [0.717, 1.165) is 65.3 Å². The number of anilines is 1. The first kappa shape index (κ1) is 24.6. The maximum atomic E-state index is 13.1. The van der Waals surface area contributed by atoms with Crippen LogP contribution in [0.2, 0.25) is 0 Å².